The number of carbonyl (C=O) groups excluding carboxylic acids is 2. The normalized spacial score (nSPS) is 20.6. The molecule has 0 bridgehead atoms. The zero-order valence-corrected chi connectivity index (χ0v) is 16.8. The number of likely N-dealkylation sites (tertiary alicyclic amines) is 1. The Balaban J connectivity index is 1.37. The number of nitrogens with two attached hydrogens (primary N) is 1. The first-order valence-corrected chi connectivity index (χ1v) is 10.2. The SMILES string of the molecule is CNc1ccc(C(=O)N2CC3CN(c4cccc(CCC(N)=O)c4)CC3C2)cc1. The van der Waals surface area contributed by atoms with Gasteiger partial charge in [-0.1, -0.05) is 12.1 Å². The highest BCUT2D eigenvalue weighted by Gasteiger charge is 2.41. The van der Waals surface area contributed by atoms with E-state index in [1.165, 1.54) is 5.69 Å². The van der Waals surface area contributed by atoms with E-state index in [-0.39, 0.29) is 11.8 Å². The molecule has 0 saturated carbocycles. The van der Waals surface area contributed by atoms with Crippen molar-refractivity contribution in [2.24, 2.45) is 17.6 Å². The highest BCUT2D eigenvalue weighted by molar-refractivity contribution is 5.94. The molecule has 0 aliphatic carbocycles. The molecular weight excluding hydrogens is 364 g/mol. The summed E-state index contributed by atoms with van der Waals surface area (Å²) < 4.78 is 0. The monoisotopic (exact) mass is 392 g/mol. The van der Waals surface area contributed by atoms with Gasteiger partial charge < -0.3 is 20.9 Å². The topological polar surface area (TPSA) is 78.7 Å². The molecule has 3 N–H and O–H groups in total. The van der Waals surface area contributed by atoms with Crippen molar-refractivity contribution >= 4 is 23.2 Å². The number of hydrogen-bond donors (Lipinski definition) is 2. The minimum atomic E-state index is -0.267. The van der Waals surface area contributed by atoms with E-state index >= 15 is 0 Å². The van der Waals surface area contributed by atoms with Crippen molar-refractivity contribution in [2.45, 2.75) is 12.8 Å². The number of primary amides is 1. The zero-order chi connectivity index (χ0) is 20.4. The quantitative estimate of drug-likeness (QED) is 0.791. The molecule has 2 atom stereocenters. The number of aryl methyl sites for hydroxylation is 1. The number of rotatable bonds is 6. The van der Waals surface area contributed by atoms with Crippen LogP contribution < -0.4 is 16.0 Å². The molecule has 6 nitrogen and oxygen atoms in total. The van der Waals surface area contributed by atoms with Crippen molar-refractivity contribution < 1.29 is 9.59 Å². The van der Waals surface area contributed by atoms with Crippen LogP contribution >= 0.6 is 0 Å². The predicted octanol–water partition coefficient (Wildman–Crippen LogP) is 2.35. The Hall–Kier alpha value is -3.02. The number of anilines is 2. The van der Waals surface area contributed by atoms with Crippen molar-refractivity contribution in [1.29, 1.82) is 0 Å². The van der Waals surface area contributed by atoms with E-state index in [9.17, 15) is 9.59 Å². The smallest absolute Gasteiger partial charge is 0.253 e. The maximum absolute atomic E-state index is 12.9. The van der Waals surface area contributed by atoms with Crippen LogP contribution in [0.15, 0.2) is 48.5 Å². The average molecular weight is 393 g/mol. The van der Waals surface area contributed by atoms with Gasteiger partial charge in [0.1, 0.15) is 0 Å². The van der Waals surface area contributed by atoms with Gasteiger partial charge in [-0.15, -0.1) is 0 Å². The van der Waals surface area contributed by atoms with Crippen LogP contribution in [0, 0.1) is 11.8 Å². The van der Waals surface area contributed by atoms with Gasteiger partial charge in [0.2, 0.25) is 5.91 Å². The van der Waals surface area contributed by atoms with Crippen molar-refractivity contribution in [2.75, 3.05) is 43.4 Å². The lowest BCUT2D eigenvalue weighted by Crippen LogP contribution is -2.33. The number of carbonyl (C=O) groups is 2. The van der Waals surface area contributed by atoms with Crippen LogP contribution in [0.25, 0.3) is 0 Å². The fourth-order valence-corrected chi connectivity index (χ4v) is 4.51. The molecule has 2 aromatic rings. The molecule has 2 unspecified atom stereocenters. The van der Waals surface area contributed by atoms with Crippen LogP contribution in [0.4, 0.5) is 11.4 Å². The summed E-state index contributed by atoms with van der Waals surface area (Å²) in [5.74, 6) is 0.869. The maximum Gasteiger partial charge on any atom is 0.253 e. The molecule has 2 aliphatic rings. The largest absolute Gasteiger partial charge is 0.388 e. The van der Waals surface area contributed by atoms with E-state index in [4.69, 9.17) is 5.73 Å². The van der Waals surface area contributed by atoms with Crippen molar-refractivity contribution in [3.05, 3.63) is 59.7 Å². The van der Waals surface area contributed by atoms with Crippen LogP contribution in [0.2, 0.25) is 0 Å². The first-order chi connectivity index (χ1) is 14.0. The van der Waals surface area contributed by atoms with Gasteiger partial charge in [0.05, 0.1) is 0 Å². The molecule has 0 radical (unpaired) electrons. The molecule has 2 aromatic carbocycles. The second kappa shape index (κ2) is 8.15. The van der Waals surface area contributed by atoms with Crippen LogP contribution in [0.3, 0.4) is 0 Å². The average Bonchev–Trinajstić information content (AvgIpc) is 3.31. The third kappa shape index (κ3) is 4.21. The van der Waals surface area contributed by atoms with Gasteiger partial charge >= 0.3 is 0 Å². The Kier molecular flexibility index (Phi) is 5.43. The summed E-state index contributed by atoms with van der Waals surface area (Å²) in [7, 11) is 1.87. The number of benzene rings is 2. The van der Waals surface area contributed by atoms with Gasteiger partial charge in [0.25, 0.3) is 5.91 Å². The summed E-state index contributed by atoms with van der Waals surface area (Å²) >= 11 is 0. The van der Waals surface area contributed by atoms with Gasteiger partial charge in [0.15, 0.2) is 0 Å². The van der Waals surface area contributed by atoms with Gasteiger partial charge in [0, 0.05) is 68.4 Å². The van der Waals surface area contributed by atoms with Crippen LogP contribution in [-0.2, 0) is 11.2 Å². The molecule has 29 heavy (non-hydrogen) atoms. The molecule has 6 heteroatoms. The van der Waals surface area contributed by atoms with E-state index < -0.39 is 0 Å². The third-order valence-electron chi connectivity index (χ3n) is 6.13. The molecule has 2 saturated heterocycles. The second-order valence-corrected chi connectivity index (χ2v) is 8.10. The summed E-state index contributed by atoms with van der Waals surface area (Å²) in [5.41, 5.74) is 9.37. The fourth-order valence-electron chi connectivity index (χ4n) is 4.51. The van der Waals surface area contributed by atoms with E-state index in [0.29, 0.717) is 24.7 Å². The summed E-state index contributed by atoms with van der Waals surface area (Å²) in [5, 5.41) is 3.08. The molecular formula is C23H28N4O2. The number of fused-ring (bicyclic) bond motifs is 1. The summed E-state index contributed by atoms with van der Waals surface area (Å²) in [6.07, 6.45) is 1.06. The minimum Gasteiger partial charge on any atom is -0.388 e. The highest BCUT2D eigenvalue weighted by atomic mass is 16.2. The molecule has 0 aromatic heterocycles. The zero-order valence-electron chi connectivity index (χ0n) is 16.8. The maximum atomic E-state index is 12.9. The molecule has 2 aliphatic heterocycles. The van der Waals surface area contributed by atoms with E-state index in [1.807, 2.05) is 48.3 Å². The number of hydrogen-bond acceptors (Lipinski definition) is 4. The van der Waals surface area contributed by atoms with E-state index in [1.54, 1.807) is 0 Å². The Morgan fingerprint density at radius 2 is 1.72 bits per heavy atom. The van der Waals surface area contributed by atoms with Gasteiger partial charge in [-0.05, 0) is 48.4 Å². The fraction of sp³-hybridized carbons (Fsp3) is 0.391. The van der Waals surface area contributed by atoms with Gasteiger partial charge in [-0.25, -0.2) is 0 Å². The summed E-state index contributed by atoms with van der Waals surface area (Å²) in [6, 6.07) is 16.1. The van der Waals surface area contributed by atoms with Crippen LogP contribution in [0.1, 0.15) is 22.3 Å². The number of nitrogens with zero attached hydrogens (tertiary/aromatic N) is 2. The lowest BCUT2D eigenvalue weighted by atomic mass is 10.0. The Morgan fingerprint density at radius 3 is 2.34 bits per heavy atom. The predicted molar refractivity (Wildman–Crippen MR) is 115 cm³/mol. The molecule has 2 heterocycles. The van der Waals surface area contributed by atoms with Crippen LogP contribution in [0.5, 0.6) is 0 Å². The first-order valence-electron chi connectivity index (χ1n) is 10.2. The van der Waals surface area contributed by atoms with Gasteiger partial charge in [-0.3, -0.25) is 9.59 Å². The standard InChI is InChI=1S/C23H28N4O2/c1-25-20-8-6-17(7-9-20)23(29)27-14-18-12-26(13-19(18)15-27)21-4-2-3-16(11-21)5-10-22(24)28/h2-4,6-9,11,18-19,25H,5,10,12-15H2,1H3,(H2,24,28). The van der Waals surface area contributed by atoms with E-state index in [0.717, 1.165) is 43.0 Å². The van der Waals surface area contributed by atoms with Crippen molar-refractivity contribution in [3.63, 3.8) is 0 Å². The van der Waals surface area contributed by atoms with Crippen molar-refractivity contribution in [3.8, 4) is 0 Å². The Morgan fingerprint density at radius 1 is 1.03 bits per heavy atom. The van der Waals surface area contributed by atoms with Gasteiger partial charge in [-0.2, -0.15) is 0 Å². The van der Waals surface area contributed by atoms with Crippen LogP contribution in [-0.4, -0.2) is 49.9 Å². The molecule has 2 amide bonds. The number of amides is 2. The first kappa shape index (κ1) is 19.3. The summed E-state index contributed by atoms with van der Waals surface area (Å²) in [4.78, 5) is 28.3. The van der Waals surface area contributed by atoms with E-state index in [2.05, 4.69) is 22.3 Å². The molecule has 152 valence electrons. The second-order valence-electron chi connectivity index (χ2n) is 8.10. The summed E-state index contributed by atoms with van der Waals surface area (Å²) in [6.45, 7) is 3.56. The lowest BCUT2D eigenvalue weighted by molar-refractivity contribution is -0.117. The molecule has 2 fully saturated rings. The Bertz CT molecular complexity index is 882. The van der Waals surface area contributed by atoms with Crippen molar-refractivity contribution in [1.82, 2.24) is 4.90 Å². The lowest BCUT2D eigenvalue weighted by Gasteiger charge is -2.24. The molecule has 4 rings (SSSR count). The Labute approximate surface area is 171 Å². The number of nitrogens with one attached hydrogen (secondary N) is 1. The minimum absolute atomic E-state index is 0.127. The molecule has 0 spiro atoms. The third-order valence-corrected chi connectivity index (χ3v) is 6.13. The highest BCUT2D eigenvalue weighted by Crippen LogP contribution is 2.35.